The normalized spacial score (nSPS) is 15.3. The van der Waals surface area contributed by atoms with Crippen molar-refractivity contribution in [3.63, 3.8) is 0 Å². The molecule has 0 aliphatic carbocycles. The number of benzene rings is 1. The van der Waals surface area contributed by atoms with Crippen LogP contribution in [0, 0.1) is 0 Å². The van der Waals surface area contributed by atoms with E-state index >= 15 is 0 Å². The molecule has 0 spiro atoms. The summed E-state index contributed by atoms with van der Waals surface area (Å²) < 4.78 is 7.16. The van der Waals surface area contributed by atoms with Crippen molar-refractivity contribution >= 4 is 16.9 Å². The Hall–Kier alpha value is -2.66. The van der Waals surface area contributed by atoms with Gasteiger partial charge < -0.3 is 10.1 Å². The standard InChI is InChI=1S/C21H23N3O2/c1-26-19-7-3-2-5-16(19)13-20(25)24-14-17(15-8-11-22-12-9-15)21-18(24)6-4-10-23-21/h2-7,10,14-15,22H,8-9,11-13H2,1H3. The fraction of sp³-hybridized carbons (Fsp3) is 0.333. The number of piperidine rings is 1. The van der Waals surface area contributed by atoms with Crippen molar-refractivity contribution in [1.29, 1.82) is 0 Å². The van der Waals surface area contributed by atoms with Gasteiger partial charge in [0.25, 0.3) is 0 Å². The van der Waals surface area contributed by atoms with Crippen molar-refractivity contribution in [1.82, 2.24) is 14.9 Å². The topological polar surface area (TPSA) is 56.1 Å². The molecule has 0 amide bonds. The molecule has 2 aromatic heterocycles. The predicted molar refractivity (Wildman–Crippen MR) is 102 cm³/mol. The van der Waals surface area contributed by atoms with Gasteiger partial charge in [0.05, 0.1) is 24.6 Å². The summed E-state index contributed by atoms with van der Waals surface area (Å²) in [5.41, 5.74) is 3.93. The molecule has 26 heavy (non-hydrogen) atoms. The summed E-state index contributed by atoms with van der Waals surface area (Å²) in [6.07, 6.45) is 6.27. The first-order valence-corrected chi connectivity index (χ1v) is 9.09. The van der Waals surface area contributed by atoms with E-state index in [0.29, 0.717) is 12.3 Å². The van der Waals surface area contributed by atoms with Crippen LogP contribution >= 0.6 is 0 Å². The van der Waals surface area contributed by atoms with Gasteiger partial charge in [-0.25, -0.2) is 0 Å². The monoisotopic (exact) mass is 349 g/mol. The molecule has 1 saturated heterocycles. The number of nitrogens with one attached hydrogen (secondary N) is 1. The molecular weight excluding hydrogens is 326 g/mol. The fourth-order valence-electron chi connectivity index (χ4n) is 3.82. The highest BCUT2D eigenvalue weighted by molar-refractivity contribution is 5.94. The van der Waals surface area contributed by atoms with E-state index in [9.17, 15) is 4.79 Å². The molecule has 0 unspecified atom stereocenters. The zero-order valence-corrected chi connectivity index (χ0v) is 14.9. The van der Waals surface area contributed by atoms with Crippen LogP contribution < -0.4 is 10.1 Å². The van der Waals surface area contributed by atoms with Gasteiger partial charge in [-0.1, -0.05) is 18.2 Å². The van der Waals surface area contributed by atoms with Crippen LogP contribution in [0.2, 0.25) is 0 Å². The van der Waals surface area contributed by atoms with Crippen LogP contribution in [0.3, 0.4) is 0 Å². The number of rotatable bonds is 4. The summed E-state index contributed by atoms with van der Waals surface area (Å²) in [7, 11) is 1.63. The first kappa shape index (κ1) is 16.8. The highest BCUT2D eigenvalue weighted by atomic mass is 16.5. The maximum absolute atomic E-state index is 13.1. The quantitative estimate of drug-likeness (QED) is 0.784. The molecule has 1 aliphatic rings. The molecule has 3 heterocycles. The maximum atomic E-state index is 13.1. The molecule has 0 saturated carbocycles. The van der Waals surface area contributed by atoms with E-state index in [-0.39, 0.29) is 5.91 Å². The molecule has 1 N–H and O–H groups in total. The Labute approximate surface area is 153 Å². The number of pyridine rings is 1. The number of hydrogen-bond donors (Lipinski definition) is 1. The second kappa shape index (κ2) is 7.30. The molecule has 3 aromatic rings. The van der Waals surface area contributed by atoms with Crippen molar-refractivity contribution in [2.24, 2.45) is 0 Å². The van der Waals surface area contributed by atoms with E-state index in [1.807, 2.05) is 48.8 Å². The molecular formula is C21H23N3O2. The van der Waals surface area contributed by atoms with Crippen LogP contribution in [-0.2, 0) is 6.42 Å². The van der Waals surface area contributed by atoms with Gasteiger partial charge in [0.15, 0.2) is 0 Å². The predicted octanol–water partition coefficient (Wildman–Crippen LogP) is 3.39. The average Bonchev–Trinajstić information content (AvgIpc) is 3.09. The highest BCUT2D eigenvalue weighted by Crippen LogP contribution is 2.32. The SMILES string of the molecule is COc1ccccc1CC(=O)n1cc(C2CCNCC2)c2ncccc21. The molecule has 134 valence electrons. The summed E-state index contributed by atoms with van der Waals surface area (Å²) in [6.45, 7) is 2.03. The zero-order chi connectivity index (χ0) is 17.9. The van der Waals surface area contributed by atoms with Crippen molar-refractivity contribution in [2.75, 3.05) is 20.2 Å². The Morgan fingerprint density at radius 2 is 2.04 bits per heavy atom. The van der Waals surface area contributed by atoms with Gasteiger partial charge in [0.2, 0.25) is 5.91 Å². The van der Waals surface area contributed by atoms with Gasteiger partial charge in [-0.2, -0.15) is 0 Å². The Morgan fingerprint density at radius 1 is 1.23 bits per heavy atom. The summed E-state index contributed by atoms with van der Waals surface area (Å²) >= 11 is 0. The third kappa shape index (κ3) is 3.10. The molecule has 0 atom stereocenters. The number of hydrogen-bond acceptors (Lipinski definition) is 4. The molecule has 0 bridgehead atoms. The van der Waals surface area contributed by atoms with E-state index in [1.165, 1.54) is 5.56 Å². The van der Waals surface area contributed by atoms with Crippen LogP contribution in [0.5, 0.6) is 5.75 Å². The van der Waals surface area contributed by atoms with Gasteiger partial charge in [0, 0.05) is 18.0 Å². The lowest BCUT2D eigenvalue weighted by Crippen LogP contribution is -2.26. The minimum absolute atomic E-state index is 0.0349. The molecule has 4 rings (SSSR count). The first-order valence-electron chi connectivity index (χ1n) is 9.09. The molecule has 1 aliphatic heterocycles. The summed E-state index contributed by atoms with van der Waals surface area (Å²) in [6, 6.07) is 11.5. The zero-order valence-electron chi connectivity index (χ0n) is 14.9. The first-order chi connectivity index (χ1) is 12.8. The van der Waals surface area contributed by atoms with Crippen molar-refractivity contribution in [2.45, 2.75) is 25.2 Å². The molecule has 5 nitrogen and oxygen atoms in total. The summed E-state index contributed by atoms with van der Waals surface area (Å²) in [4.78, 5) is 17.6. The number of nitrogens with zero attached hydrogens (tertiary/aromatic N) is 2. The number of fused-ring (bicyclic) bond motifs is 1. The van der Waals surface area contributed by atoms with Crippen LogP contribution in [0.25, 0.3) is 11.0 Å². The lowest BCUT2D eigenvalue weighted by Gasteiger charge is -2.21. The molecule has 1 aromatic carbocycles. The number of ether oxygens (including phenoxy) is 1. The average molecular weight is 349 g/mol. The lowest BCUT2D eigenvalue weighted by atomic mass is 9.91. The number of carbonyl (C=O) groups is 1. The van der Waals surface area contributed by atoms with E-state index in [0.717, 1.165) is 48.3 Å². The van der Waals surface area contributed by atoms with Gasteiger partial charge in [0.1, 0.15) is 5.75 Å². The third-order valence-corrected chi connectivity index (χ3v) is 5.17. The lowest BCUT2D eigenvalue weighted by molar-refractivity contribution is 0.0918. The van der Waals surface area contributed by atoms with Gasteiger partial charge in [-0.3, -0.25) is 14.3 Å². The van der Waals surface area contributed by atoms with Crippen molar-refractivity contribution in [3.05, 3.63) is 59.9 Å². The number of aromatic nitrogens is 2. The molecule has 1 fully saturated rings. The van der Waals surface area contributed by atoms with Crippen LogP contribution in [0.4, 0.5) is 0 Å². The largest absolute Gasteiger partial charge is 0.496 e. The smallest absolute Gasteiger partial charge is 0.235 e. The Morgan fingerprint density at radius 3 is 2.85 bits per heavy atom. The van der Waals surface area contributed by atoms with Gasteiger partial charge >= 0.3 is 0 Å². The van der Waals surface area contributed by atoms with Crippen molar-refractivity contribution in [3.8, 4) is 5.75 Å². The second-order valence-corrected chi connectivity index (χ2v) is 6.73. The van der Waals surface area contributed by atoms with Crippen LogP contribution in [0.1, 0.15) is 34.7 Å². The van der Waals surface area contributed by atoms with Crippen molar-refractivity contribution < 1.29 is 9.53 Å². The number of para-hydroxylation sites is 1. The second-order valence-electron chi connectivity index (χ2n) is 6.73. The fourth-order valence-corrected chi connectivity index (χ4v) is 3.82. The maximum Gasteiger partial charge on any atom is 0.235 e. The minimum Gasteiger partial charge on any atom is -0.496 e. The van der Waals surface area contributed by atoms with Gasteiger partial charge in [-0.15, -0.1) is 0 Å². The van der Waals surface area contributed by atoms with E-state index in [2.05, 4.69) is 10.3 Å². The Balaban J connectivity index is 1.70. The highest BCUT2D eigenvalue weighted by Gasteiger charge is 2.23. The van der Waals surface area contributed by atoms with Crippen LogP contribution in [-0.4, -0.2) is 35.7 Å². The summed E-state index contributed by atoms with van der Waals surface area (Å²) in [5.74, 6) is 1.23. The van der Waals surface area contributed by atoms with Gasteiger partial charge in [-0.05, 0) is 55.6 Å². The van der Waals surface area contributed by atoms with Crippen LogP contribution in [0.15, 0.2) is 48.8 Å². The van der Waals surface area contributed by atoms with E-state index in [1.54, 1.807) is 11.7 Å². The number of carbonyl (C=O) groups excluding carboxylic acids is 1. The Kier molecular flexibility index (Phi) is 4.71. The molecule has 5 heteroatoms. The minimum atomic E-state index is 0.0349. The van der Waals surface area contributed by atoms with E-state index in [4.69, 9.17) is 4.74 Å². The number of methoxy groups -OCH3 is 1. The Bertz CT molecular complexity index is 926. The summed E-state index contributed by atoms with van der Waals surface area (Å²) in [5, 5.41) is 3.40. The van der Waals surface area contributed by atoms with E-state index < -0.39 is 0 Å². The third-order valence-electron chi connectivity index (χ3n) is 5.17. The molecule has 0 radical (unpaired) electrons.